The number of hydrogen-bond donors (Lipinski definition) is 2. The molecule has 0 aliphatic carbocycles. The van der Waals surface area contributed by atoms with Crippen LogP contribution in [0.15, 0.2) is 18.3 Å². The lowest BCUT2D eigenvalue weighted by Gasteiger charge is -2.27. The molecule has 1 rings (SSSR count). The SMILES string of the molecule is CC[C@H](C)[C@H](NC(=O)CCCN(C(=O)OC(C)(C)C)c1cc(C)ccn1)C(=O)O. The standard InChI is InChI=1S/C21H33N3O5/c1-7-15(3)18(19(26)27)23-17(25)9-8-12-24(20(28)29-21(4,5)6)16-13-14(2)10-11-22-16/h10-11,13,15,18H,7-9,12H2,1-6H3,(H,23,25)(H,26,27)/t15-,18-/m0/s1. The van der Waals surface area contributed by atoms with Crippen molar-refractivity contribution in [3.05, 3.63) is 23.9 Å². The minimum Gasteiger partial charge on any atom is -0.480 e. The lowest BCUT2D eigenvalue weighted by atomic mass is 9.99. The lowest BCUT2D eigenvalue weighted by Crippen LogP contribution is -2.45. The highest BCUT2D eigenvalue weighted by molar-refractivity contribution is 5.87. The fraction of sp³-hybridized carbons (Fsp3) is 0.619. The topological polar surface area (TPSA) is 109 Å². The van der Waals surface area contributed by atoms with E-state index in [0.29, 0.717) is 18.7 Å². The number of pyridine rings is 1. The Morgan fingerprint density at radius 1 is 1.31 bits per heavy atom. The van der Waals surface area contributed by atoms with Crippen LogP contribution in [0.3, 0.4) is 0 Å². The Bertz CT molecular complexity index is 715. The molecule has 0 saturated carbocycles. The van der Waals surface area contributed by atoms with E-state index in [2.05, 4.69) is 10.3 Å². The molecule has 0 saturated heterocycles. The predicted molar refractivity (Wildman–Crippen MR) is 111 cm³/mol. The third-order valence-electron chi connectivity index (χ3n) is 4.37. The van der Waals surface area contributed by atoms with Crippen molar-refractivity contribution in [1.82, 2.24) is 10.3 Å². The van der Waals surface area contributed by atoms with Crippen LogP contribution in [-0.2, 0) is 14.3 Å². The summed E-state index contributed by atoms with van der Waals surface area (Å²) < 4.78 is 5.46. The Morgan fingerprint density at radius 3 is 2.48 bits per heavy atom. The second-order valence-corrected chi connectivity index (χ2v) is 8.20. The van der Waals surface area contributed by atoms with Crippen LogP contribution in [0.25, 0.3) is 0 Å². The highest BCUT2D eigenvalue weighted by Crippen LogP contribution is 2.18. The molecule has 1 aromatic rings. The third-order valence-corrected chi connectivity index (χ3v) is 4.37. The van der Waals surface area contributed by atoms with Crippen LogP contribution in [0, 0.1) is 12.8 Å². The first-order valence-electron chi connectivity index (χ1n) is 9.90. The monoisotopic (exact) mass is 407 g/mol. The maximum absolute atomic E-state index is 12.6. The highest BCUT2D eigenvalue weighted by Gasteiger charge is 2.26. The van der Waals surface area contributed by atoms with E-state index in [9.17, 15) is 19.5 Å². The number of carbonyl (C=O) groups excluding carboxylic acids is 2. The molecule has 0 bridgehead atoms. The van der Waals surface area contributed by atoms with Gasteiger partial charge in [0.05, 0.1) is 0 Å². The average molecular weight is 408 g/mol. The summed E-state index contributed by atoms with van der Waals surface area (Å²) in [5.41, 5.74) is 0.279. The zero-order valence-corrected chi connectivity index (χ0v) is 18.2. The zero-order valence-electron chi connectivity index (χ0n) is 18.2. The number of aryl methyl sites for hydroxylation is 1. The molecule has 8 heteroatoms. The van der Waals surface area contributed by atoms with Crippen molar-refractivity contribution in [2.24, 2.45) is 5.92 Å². The smallest absolute Gasteiger partial charge is 0.416 e. The van der Waals surface area contributed by atoms with E-state index in [0.717, 1.165) is 5.56 Å². The number of carboxylic acid groups (broad SMARTS) is 1. The summed E-state index contributed by atoms with van der Waals surface area (Å²) in [6, 6.07) is 2.67. The number of carbonyl (C=O) groups is 3. The van der Waals surface area contributed by atoms with Crippen LogP contribution in [0.2, 0.25) is 0 Å². The number of nitrogens with one attached hydrogen (secondary N) is 1. The Balaban J connectivity index is 2.78. The molecular weight excluding hydrogens is 374 g/mol. The van der Waals surface area contributed by atoms with Crippen LogP contribution in [0.5, 0.6) is 0 Å². The quantitative estimate of drug-likeness (QED) is 0.648. The summed E-state index contributed by atoms with van der Waals surface area (Å²) in [4.78, 5) is 41.9. The molecule has 8 nitrogen and oxygen atoms in total. The summed E-state index contributed by atoms with van der Waals surface area (Å²) in [7, 11) is 0. The van der Waals surface area contributed by atoms with Crippen LogP contribution in [0.1, 0.15) is 59.4 Å². The van der Waals surface area contributed by atoms with Crippen LogP contribution < -0.4 is 10.2 Å². The largest absolute Gasteiger partial charge is 0.480 e. The molecule has 1 heterocycles. The molecule has 0 aliphatic rings. The minimum atomic E-state index is -1.05. The van der Waals surface area contributed by atoms with Crippen LogP contribution in [0.4, 0.5) is 10.6 Å². The molecule has 0 aromatic carbocycles. The summed E-state index contributed by atoms with van der Waals surface area (Å²) in [5, 5.41) is 11.9. The van der Waals surface area contributed by atoms with E-state index < -0.39 is 23.7 Å². The van der Waals surface area contributed by atoms with Crippen molar-refractivity contribution in [3.63, 3.8) is 0 Å². The number of anilines is 1. The number of amides is 2. The van der Waals surface area contributed by atoms with Gasteiger partial charge in [-0.2, -0.15) is 0 Å². The van der Waals surface area contributed by atoms with Gasteiger partial charge in [-0.1, -0.05) is 20.3 Å². The average Bonchev–Trinajstić information content (AvgIpc) is 2.60. The van der Waals surface area contributed by atoms with Crippen molar-refractivity contribution in [3.8, 4) is 0 Å². The van der Waals surface area contributed by atoms with Gasteiger partial charge in [0, 0.05) is 19.2 Å². The molecule has 162 valence electrons. The van der Waals surface area contributed by atoms with E-state index in [1.54, 1.807) is 40.0 Å². The molecule has 0 spiro atoms. The Morgan fingerprint density at radius 2 is 1.97 bits per heavy atom. The molecular formula is C21H33N3O5. The van der Waals surface area contributed by atoms with Gasteiger partial charge < -0.3 is 15.2 Å². The Kier molecular flexibility index (Phi) is 9.07. The van der Waals surface area contributed by atoms with Gasteiger partial charge in [0.2, 0.25) is 5.91 Å². The number of aromatic nitrogens is 1. The minimum absolute atomic E-state index is 0.0886. The third kappa shape index (κ3) is 8.50. The van der Waals surface area contributed by atoms with Gasteiger partial charge in [-0.3, -0.25) is 9.69 Å². The Labute approximate surface area is 172 Å². The van der Waals surface area contributed by atoms with E-state index in [-0.39, 0.29) is 24.8 Å². The predicted octanol–water partition coefficient (Wildman–Crippen LogP) is 3.53. The van der Waals surface area contributed by atoms with Crippen molar-refractivity contribution in [2.75, 3.05) is 11.4 Å². The zero-order chi connectivity index (χ0) is 22.2. The maximum Gasteiger partial charge on any atom is 0.416 e. The molecule has 0 fully saturated rings. The van der Waals surface area contributed by atoms with Gasteiger partial charge in [0.1, 0.15) is 17.5 Å². The summed E-state index contributed by atoms with van der Waals surface area (Å²) >= 11 is 0. The number of nitrogens with zero attached hydrogens (tertiary/aromatic N) is 2. The van der Waals surface area contributed by atoms with Crippen LogP contribution >= 0.6 is 0 Å². The molecule has 2 N–H and O–H groups in total. The normalized spacial score (nSPS) is 13.3. The first-order chi connectivity index (χ1) is 13.4. The lowest BCUT2D eigenvalue weighted by molar-refractivity contribution is -0.143. The first kappa shape index (κ1) is 24.4. The molecule has 1 aromatic heterocycles. The highest BCUT2D eigenvalue weighted by atomic mass is 16.6. The van der Waals surface area contributed by atoms with Gasteiger partial charge in [-0.05, 0) is 57.7 Å². The molecule has 2 atom stereocenters. The van der Waals surface area contributed by atoms with Crippen molar-refractivity contribution in [2.45, 2.75) is 72.4 Å². The summed E-state index contributed by atoms with van der Waals surface area (Å²) in [5.74, 6) is -1.14. The summed E-state index contributed by atoms with van der Waals surface area (Å²) in [6.45, 7) is 11.1. The number of carboxylic acids is 1. The Hall–Kier alpha value is -2.64. The second kappa shape index (κ2) is 10.8. The van der Waals surface area contributed by atoms with Gasteiger partial charge in [0.25, 0.3) is 0 Å². The van der Waals surface area contributed by atoms with Crippen molar-refractivity contribution < 1.29 is 24.2 Å². The molecule has 0 radical (unpaired) electrons. The summed E-state index contributed by atoms with van der Waals surface area (Å²) in [6.07, 6.45) is 2.14. The molecule has 0 unspecified atom stereocenters. The van der Waals surface area contributed by atoms with Crippen molar-refractivity contribution in [1.29, 1.82) is 0 Å². The van der Waals surface area contributed by atoms with E-state index in [1.165, 1.54) is 4.90 Å². The van der Waals surface area contributed by atoms with Gasteiger partial charge in [-0.25, -0.2) is 14.6 Å². The number of hydrogen-bond acceptors (Lipinski definition) is 5. The molecule has 29 heavy (non-hydrogen) atoms. The van der Waals surface area contributed by atoms with E-state index in [4.69, 9.17) is 4.74 Å². The molecule has 2 amide bonds. The number of aliphatic carboxylic acids is 1. The fourth-order valence-corrected chi connectivity index (χ4v) is 2.61. The van der Waals surface area contributed by atoms with E-state index in [1.807, 2.05) is 19.9 Å². The maximum atomic E-state index is 12.6. The molecule has 0 aliphatic heterocycles. The number of rotatable bonds is 9. The van der Waals surface area contributed by atoms with Crippen molar-refractivity contribution >= 4 is 23.8 Å². The van der Waals surface area contributed by atoms with Gasteiger partial charge >= 0.3 is 12.1 Å². The fourth-order valence-electron chi connectivity index (χ4n) is 2.61. The second-order valence-electron chi connectivity index (χ2n) is 8.20. The van der Waals surface area contributed by atoms with Gasteiger partial charge in [-0.15, -0.1) is 0 Å². The van der Waals surface area contributed by atoms with Crippen LogP contribution in [-0.4, -0.2) is 46.2 Å². The first-order valence-corrected chi connectivity index (χ1v) is 9.90. The number of ether oxygens (including phenoxy) is 1. The van der Waals surface area contributed by atoms with E-state index >= 15 is 0 Å². The van der Waals surface area contributed by atoms with Gasteiger partial charge in [0.15, 0.2) is 0 Å².